The van der Waals surface area contributed by atoms with E-state index in [1.807, 2.05) is 6.26 Å². The Morgan fingerprint density at radius 2 is 2.08 bits per heavy atom. The van der Waals surface area contributed by atoms with Crippen molar-refractivity contribution in [1.29, 1.82) is 0 Å². The zero-order valence-electron chi connectivity index (χ0n) is 14.0. The number of carbonyl (C=O) groups excluding carboxylic acids is 1. The van der Waals surface area contributed by atoms with E-state index < -0.39 is 11.7 Å². The number of pyridine rings is 1. The summed E-state index contributed by atoms with van der Waals surface area (Å²) in [5.41, 5.74) is 0.291. The second-order valence-corrected chi connectivity index (χ2v) is 6.23. The number of halogens is 1. The molecule has 0 bridgehead atoms. The fourth-order valence-corrected chi connectivity index (χ4v) is 2.59. The lowest BCUT2D eigenvalue weighted by Gasteiger charge is -2.14. The number of nitrogens with zero attached hydrogens (tertiary/aromatic N) is 1. The number of thioether (sulfide) groups is 1. The maximum absolute atomic E-state index is 14.2. The summed E-state index contributed by atoms with van der Waals surface area (Å²) < 4.78 is 15.5. The first kappa shape index (κ1) is 19.0. The summed E-state index contributed by atoms with van der Waals surface area (Å²) in [6, 6.07) is 5.95. The van der Waals surface area contributed by atoms with Gasteiger partial charge in [-0.25, -0.2) is 4.39 Å². The molecule has 1 amide bonds. The van der Waals surface area contributed by atoms with Crippen LogP contribution in [0.15, 0.2) is 40.2 Å². The molecule has 6 nitrogen and oxygen atoms in total. The average molecular weight is 365 g/mol. The third kappa shape index (κ3) is 4.83. The number of rotatable bonds is 7. The Morgan fingerprint density at radius 3 is 2.72 bits per heavy atom. The van der Waals surface area contributed by atoms with Gasteiger partial charge in [-0.2, -0.15) is 0 Å². The highest BCUT2D eigenvalue weighted by molar-refractivity contribution is 7.98. The number of anilines is 2. The molecule has 2 rings (SSSR count). The van der Waals surface area contributed by atoms with Crippen LogP contribution in [-0.4, -0.2) is 35.0 Å². The van der Waals surface area contributed by atoms with Gasteiger partial charge in [0.05, 0.1) is 16.9 Å². The Hall–Kier alpha value is -2.32. The number of aryl methyl sites for hydroxylation is 1. The molecule has 25 heavy (non-hydrogen) atoms. The van der Waals surface area contributed by atoms with E-state index in [-0.39, 0.29) is 29.1 Å². The van der Waals surface area contributed by atoms with Gasteiger partial charge in [0, 0.05) is 37.4 Å². The van der Waals surface area contributed by atoms with Gasteiger partial charge in [0.1, 0.15) is 5.82 Å². The van der Waals surface area contributed by atoms with Crippen molar-refractivity contribution in [3.63, 3.8) is 0 Å². The zero-order valence-corrected chi connectivity index (χ0v) is 14.8. The molecule has 8 heteroatoms. The number of aliphatic hydroxyl groups is 1. The van der Waals surface area contributed by atoms with E-state index in [4.69, 9.17) is 5.11 Å². The van der Waals surface area contributed by atoms with Gasteiger partial charge in [0.25, 0.3) is 11.5 Å². The Labute approximate surface area is 149 Å². The fraction of sp³-hybridized carbons (Fsp3) is 0.294. The number of amides is 1. The Kier molecular flexibility index (Phi) is 6.60. The molecule has 0 fully saturated rings. The van der Waals surface area contributed by atoms with E-state index in [9.17, 15) is 14.0 Å². The molecule has 2 aromatic rings. The molecule has 1 aromatic carbocycles. The van der Waals surface area contributed by atoms with E-state index in [0.717, 1.165) is 4.90 Å². The molecule has 0 saturated heterocycles. The van der Waals surface area contributed by atoms with Crippen LogP contribution in [0.1, 0.15) is 16.8 Å². The van der Waals surface area contributed by atoms with Crippen LogP contribution in [0.4, 0.5) is 15.8 Å². The zero-order chi connectivity index (χ0) is 18.4. The smallest absolute Gasteiger partial charge is 0.254 e. The molecule has 0 aliphatic heterocycles. The van der Waals surface area contributed by atoms with Crippen LogP contribution in [-0.2, 0) is 7.05 Å². The van der Waals surface area contributed by atoms with Gasteiger partial charge >= 0.3 is 0 Å². The van der Waals surface area contributed by atoms with Gasteiger partial charge < -0.3 is 20.3 Å². The van der Waals surface area contributed by atoms with Crippen LogP contribution in [0.3, 0.4) is 0 Å². The van der Waals surface area contributed by atoms with Gasteiger partial charge in [0.2, 0.25) is 0 Å². The predicted molar refractivity (Wildman–Crippen MR) is 97.2 cm³/mol. The lowest BCUT2D eigenvalue weighted by atomic mass is 10.2. The number of hydrogen-bond donors (Lipinski definition) is 3. The highest BCUT2D eigenvalue weighted by atomic mass is 32.2. The molecule has 0 radical (unpaired) electrons. The topological polar surface area (TPSA) is 83.4 Å². The van der Waals surface area contributed by atoms with Crippen molar-refractivity contribution < 1.29 is 14.3 Å². The number of benzene rings is 1. The molecule has 1 aromatic heterocycles. The molecule has 0 aliphatic carbocycles. The monoisotopic (exact) mass is 365 g/mol. The van der Waals surface area contributed by atoms with Crippen molar-refractivity contribution in [3.05, 3.63) is 52.2 Å². The van der Waals surface area contributed by atoms with E-state index in [2.05, 4.69) is 10.6 Å². The first-order valence-electron chi connectivity index (χ1n) is 7.66. The molecule has 1 heterocycles. The van der Waals surface area contributed by atoms with Crippen molar-refractivity contribution in [3.8, 4) is 0 Å². The third-order valence-corrected chi connectivity index (χ3v) is 4.26. The largest absolute Gasteiger partial charge is 0.396 e. The maximum atomic E-state index is 14.2. The molecule has 0 spiro atoms. The first-order chi connectivity index (χ1) is 12.0. The maximum Gasteiger partial charge on any atom is 0.254 e. The Morgan fingerprint density at radius 1 is 1.32 bits per heavy atom. The number of nitrogens with one attached hydrogen (secondary N) is 2. The molecule has 0 aliphatic rings. The summed E-state index contributed by atoms with van der Waals surface area (Å²) in [6.45, 7) is 0.264. The van der Waals surface area contributed by atoms with E-state index in [1.54, 1.807) is 12.1 Å². The molecule has 0 unspecified atom stereocenters. The summed E-state index contributed by atoms with van der Waals surface area (Å²) in [5, 5.41) is 14.3. The van der Waals surface area contributed by atoms with Crippen molar-refractivity contribution in [1.82, 2.24) is 9.88 Å². The second kappa shape index (κ2) is 8.68. The van der Waals surface area contributed by atoms with E-state index >= 15 is 0 Å². The summed E-state index contributed by atoms with van der Waals surface area (Å²) in [7, 11) is 1.53. The lowest BCUT2D eigenvalue weighted by Crippen LogP contribution is -2.28. The number of aromatic nitrogens is 1. The Balaban J connectivity index is 2.34. The molecule has 0 saturated carbocycles. The minimum atomic E-state index is -0.473. The second-order valence-electron chi connectivity index (χ2n) is 5.35. The van der Waals surface area contributed by atoms with Gasteiger partial charge in [-0.15, -0.1) is 11.8 Å². The van der Waals surface area contributed by atoms with Crippen LogP contribution in [0.2, 0.25) is 0 Å². The third-order valence-electron chi connectivity index (χ3n) is 3.54. The summed E-state index contributed by atoms with van der Waals surface area (Å²) in [6.07, 6.45) is 3.66. The first-order valence-corrected chi connectivity index (χ1v) is 8.89. The summed E-state index contributed by atoms with van der Waals surface area (Å²) >= 11 is 1.42. The number of carbonyl (C=O) groups is 1. The fourth-order valence-electron chi connectivity index (χ4n) is 2.16. The highest BCUT2D eigenvalue weighted by Gasteiger charge is 2.15. The Bertz CT molecular complexity index is 823. The molecular weight excluding hydrogens is 345 g/mol. The average Bonchev–Trinajstić information content (AvgIpc) is 2.59. The van der Waals surface area contributed by atoms with E-state index in [0.29, 0.717) is 13.0 Å². The van der Waals surface area contributed by atoms with Gasteiger partial charge in [-0.1, -0.05) is 0 Å². The SMILES string of the molecule is CSc1ccc(Nc2cc(=O)n(C)cc2C(=O)NCCCO)c(F)c1. The van der Waals surface area contributed by atoms with Crippen LogP contribution in [0, 0.1) is 5.82 Å². The van der Waals surface area contributed by atoms with Crippen LogP contribution >= 0.6 is 11.8 Å². The standard InChI is InChI=1S/C17H20FN3O3S/c1-21-10-12(17(24)19-6-3-7-22)15(9-16(21)23)20-14-5-4-11(25-2)8-13(14)18/h4-5,8-10,20,22H,3,6-7H2,1-2H3,(H,19,24). The molecule has 0 atom stereocenters. The molecular formula is C17H20FN3O3S. The van der Waals surface area contributed by atoms with Gasteiger partial charge in [-0.05, 0) is 30.9 Å². The highest BCUT2D eigenvalue weighted by Crippen LogP contribution is 2.25. The van der Waals surface area contributed by atoms with Gasteiger partial charge in [-0.3, -0.25) is 9.59 Å². The predicted octanol–water partition coefficient (Wildman–Crippen LogP) is 2.10. The van der Waals surface area contributed by atoms with Crippen molar-refractivity contribution in [2.24, 2.45) is 7.05 Å². The van der Waals surface area contributed by atoms with Crippen LogP contribution in [0.25, 0.3) is 0 Å². The van der Waals surface area contributed by atoms with Gasteiger partial charge in [0.15, 0.2) is 0 Å². The molecule has 3 N–H and O–H groups in total. The summed E-state index contributed by atoms with van der Waals surface area (Å²) in [5.74, 6) is -0.883. The quantitative estimate of drug-likeness (QED) is 0.517. The van der Waals surface area contributed by atoms with Crippen molar-refractivity contribution in [2.75, 3.05) is 24.7 Å². The van der Waals surface area contributed by atoms with Crippen LogP contribution in [0.5, 0.6) is 0 Å². The normalized spacial score (nSPS) is 10.6. The minimum Gasteiger partial charge on any atom is -0.396 e. The van der Waals surface area contributed by atoms with Crippen molar-refractivity contribution >= 4 is 29.0 Å². The van der Waals surface area contributed by atoms with Crippen LogP contribution < -0.4 is 16.2 Å². The number of hydrogen-bond acceptors (Lipinski definition) is 5. The van der Waals surface area contributed by atoms with E-state index in [1.165, 1.54) is 41.7 Å². The minimum absolute atomic E-state index is 0.0360. The lowest BCUT2D eigenvalue weighted by molar-refractivity contribution is 0.0951. The molecule has 134 valence electrons. The number of aliphatic hydroxyl groups excluding tert-OH is 1. The summed E-state index contributed by atoms with van der Waals surface area (Å²) in [4.78, 5) is 25.0. The van der Waals surface area contributed by atoms with Crippen molar-refractivity contribution in [2.45, 2.75) is 11.3 Å².